The molecule has 0 aliphatic heterocycles. The van der Waals surface area contributed by atoms with Crippen LogP contribution >= 0.6 is 11.6 Å². The van der Waals surface area contributed by atoms with E-state index in [-0.39, 0.29) is 11.9 Å². The summed E-state index contributed by atoms with van der Waals surface area (Å²) in [7, 11) is 0. The van der Waals surface area contributed by atoms with E-state index in [4.69, 9.17) is 17.3 Å². The van der Waals surface area contributed by atoms with Crippen molar-refractivity contribution in [3.63, 3.8) is 0 Å². The third kappa shape index (κ3) is 3.28. The number of hydrogen-bond donors (Lipinski definition) is 1. The third-order valence-electron chi connectivity index (χ3n) is 2.32. The first-order valence-electron chi connectivity index (χ1n) is 4.83. The third-order valence-corrected chi connectivity index (χ3v) is 2.69. The highest BCUT2D eigenvalue weighted by Gasteiger charge is 2.04. The van der Waals surface area contributed by atoms with Crippen molar-refractivity contribution in [2.45, 2.75) is 32.2 Å². The van der Waals surface area contributed by atoms with Crippen LogP contribution in [-0.2, 0) is 6.42 Å². The minimum absolute atomic E-state index is 0.175. The second kappa shape index (κ2) is 5.32. The van der Waals surface area contributed by atoms with Crippen LogP contribution < -0.4 is 5.73 Å². The molecule has 0 radical (unpaired) electrons. The van der Waals surface area contributed by atoms with Crippen LogP contribution in [0, 0.1) is 5.82 Å². The summed E-state index contributed by atoms with van der Waals surface area (Å²) in [4.78, 5) is 0. The summed E-state index contributed by atoms with van der Waals surface area (Å²) in [5, 5.41) is 0.620. The first-order chi connectivity index (χ1) is 6.63. The zero-order chi connectivity index (χ0) is 10.6. The molecule has 0 aliphatic rings. The van der Waals surface area contributed by atoms with E-state index in [0.717, 1.165) is 24.8 Å². The van der Waals surface area contributed by atoms with Crippen LogP contribution in [0.5, 0.6) is 0 Å². The minimum Gasteiger partial charge on any atom is -0.328 e. The Labute approximate surface area is 89.1 Å². The van der Waals surface area contributed by atoms with Gasteiger partial charge in [-0.25, -0.2) is 4.39 Å². The molecule has 0 fully saturated rings. The molecule has 0 amide bonds. The molecule has 0 aliphatic carbocycles. The van der Waals surface area contributed by atoms with Crippen molar-refractivity contribution in [3.8, 4) is 0 Å². The summed E-state index contributed by atoms with van der Waals surface area (Å²) < 4.78 is 12.9. The molecule has 2 N–H and O–H groups in total. The Morgan fingerprint density at radius 1 is 1.50 bits per heavy atom. The van der Waals surface area contributed by atoms with Gasteiger partial charge in [-0.2, -0.15) is 0 Å². The van der Waals surface area contributed by atoms with Crippen LogP contribution in [0.1, 0.15) is 25.3 Å². The molecule has 3 heteroatoms. The fraction of sp³-hybridized carbons (Fsp3) is 0.455. The fourth-order valence-corrected chi connectivity index (χ4v) is 1.49. The van der Waals surface area contributed by atoms with Crippen LogP contribution in [0.25, 0.3) is 0 Å². The molecule has 0 bridgehead atoms. The van der Waals surface area contributed by atoms with Crippen LogP contribution in [0.3, 0.4) is 0 Å². The average Bonchev–Trinajstić information content (AvgIpc) is 2.19. The SMILES string of the molecule is CCC(N)CCc1cc(F)ccc1Cl. The number of hydrogen-bond acceptors (Lipinski definition) is 1. The Hall–Kier alpha value is -0.600. The van der Waals surface area contributed by atoms with E-state index in [9.17, 15) is 4.39 Å². The summed E-state index contributed by atoms with van der Waals surface area (Å²) in [5.41, 5.74) is 6.62. The topological polar surface area (TPSA) is 26.0 Å². The summed E-state index contributed by atoms with van der Waals surface area (Å²) in [6, 6.07) is 4.61. The van der Waals surface area contributed by atoms with E-state index in [1.165, 1.54) is 12.1 Å². The number of benzene rings is 1. The highest BCUT2D eigenvalue weighted by atomic mass is 35.5. The van der Waals surface area contributed by atoms with Crippen LogP contribution in [0.15, 0.2) is 18.2 Å². The summed E-state index contributed by atoms with van der Waals surface area (Å²) >= 11 is 5.92. The monoisotopic (exact) mass is 215 g/mol. The normalized spacial score (nSPS) is 12.9. The molecule has 1 aromatic carbocycles. The van der Waals surface area contributed by atoms with Crippen LogP contribution in [-0.4, -0.2) is 6.04 Å². The molecular formula is C11H15ClFN. The van der Waals surface area contributed by atoms with Gasteiger partial charge >= 0.3 is 0 Å². The lowest BCUT2D eigenvalue weighted by atomic mass is 10.0. The van der Waals surface area contributed by atoms with E-state index >= 15 is 0 Å². The predicted octanol–water partition coefficient (Wildman–Crippen LogP) is 3.15. The maximum atomic E-state index is 12.9. The quantitative estimate of drug-likeness (QED) is 0.821. The van der Waals surface area contributed by atoms with Gasteiger partial charge in [-0.15, -0.1) is 0 Å². The second-order valence-electron chi connectivity index (χ2n) is 3.44. The lowest BCUT2D eigenvalue weighted by molar-refractivity contribution is 0.590. The van der Waals surface area contributed by atoms with Crippen LogP contribution in [0.2, 0.25) is 5.02 Å². The number of halogens is 2. The lowest BCUT2D eigenvalue weighted by Crippen LogP contribution is -2.19. The van der Waals surface area contributed by atoms with Gasteiger partial charge in [0.05, 0.1) is 0 Å². The molecule has 0 saturated heterocycles. The van der Waals surface area contributed by atoms with Crippen LogP contribution in [0.4, 0.5) is 4.39 Å². The maximum Gasteiger partial charge on any atom is 0.123 e. The Bertz CT molecular complexity index is 301. The number of aryl methyl sites for hydroxylation is 1. The highest BCUT2D eigenvalue weighted by molar-refractivity contribution is 6.31. The van der Waals surface area contributed by atoms with E-state index in [1.807, 2.05) is 6.92 Å². The van der Waals surface area contributed by atoms with Crippen molar-refractivity contribution in [3.05, 3.63) is 34.6 Å². The largest absolute Gasteiger partial charge is 0.328 e. The van der Waals surface area contributed by atoms with Gasteiger partial charge in [0, 0.05) is 11.1 Å². The van der Waals surface area contributed by atoms with Gasteiger partial charge in [-0.3, -0.25) is 0 Å². The number of nitrogens with two attached hydrogens (primary N) is 1. The molecule has 0 spiro atoms. The molecule has 0 heterocycles. The Balaban J connectivity index is 2.62. The van der Waals surface area contributed by atoms with Gasteiger partial charge in [-0.1, -0.05) is 18.5 Å². The van der Waals surface area contributed by atoms with Gasteiger partial charge in [0.1, 0.15) is 5.82 Å². The van der Waals surface area contributed by atoms with Crippen molar-refractivity contribution in [1.82, 2.24) is 0 Å². The second-order valence-corrected chi connectivity index (χ2v) is 3.85. The molecule has 0 aromatic heterocycles. The van der Waals surface area contributed by atoms with Gasteiger partial charge in [0.2, 0.25) is 0 Å². The van der Waals surface area contributed by atoms with Gasteiger partial charge in [0.15, 0.2) is 0 Å². The molecular weight excluding hydrogens is 201 g/mol. The van der Waals surface area contributed by atoms with Crippen molar-refractivity contribution >= 4 is 11.6 Å². The van der Waals surface area contributed by atoms with Gasteiger partial charge < -0.3 is 5.73 Å². The first-order valence-corrected chi connectivity index (χ1v) is 5.20. The Morgan fingerprint density at radius 2 is 2.21 bits per heavy atom. The molecule has 78 valence electrons. The van der Waals surface area contributed by atoms with E-state index in [1.54, 1.807) is 6.07 Å². The average molecular weight is 216 g/mol. The lowest BCUT2D eigenvalue weighted by Gasteiger charge is -2.09. The Morgan fingerprint density at radius 3 is 2.86 bits per heavy atom. The molecule has 1 unspecified atom stereocenters. The van der Waals surface area contributed by atoms with Crippen molar-refractivity contribution in [2.24, 2.45) is 5.73 Å². The number of rotatable bonds is 4. The standard InChI is InChI=1S/C11H15ClFN/c1-2-10(14)5-3-8-7-9(13)4-6-11(8)12/h4,6-7,10H,2-3,5,14H2,1H3. The van der Waals surface area contributed by atoms with Crippen molar-refractivity contribution in [1.29, 1.82) is 0 Å². The Kier molecular flexibility index (Phi) is 4.36. The maximum absolute atomic E-state index is 12.9. The fourth-order valence-electron chi connectivity index (χ4n) is 1.28. The van der Waals surface area contributed by atoms with E-state index < -0.39 is 0 Å². The minimum atomic E-state index is -0.241. The molecule has 0 saturated carbocycles. The smallest absolute Gasteiger partial charge is 0.123 e. The molecule has 1 aromatic rings. The highest BCUT2D eigenvalue weighted by Crippen LogP contribution is 2.19. The van der Waals surface area contributed by atoms with Gasteiger partial charge in [-0.05, 0) is 43.0 Å². The van der Waals surface area contributed by atoms with E-state index in [0.29, 0.717) is 5.02 Å². The van der Waals surface area contributed by atoms with E-state index in [2.05, 4.69) is 0 Å². The summed E-state index contributed by atoms with van der Waals surface area (Å²) in [6.45, 7) is 2.04. The first kappa shape index (κ1) is 11.5. The zero-order valence-corrected chi connectivity index (χ0v) is 9.02. The molecule has 14 heavy (non-hydrogen) atoms. The molecule has 1 nitrogen and oxygen atoms in total. The molecule has 1 atom stereocenters. The van der Waals surface area contributed by atoms with Gasteiger partial charge in [0.25, 0.3) is 0 Å². The summed E-state index contributed by atoms with van der Waals surface area (Å²) in [5.74, 6) is -0.241. The summed E-state index contributed by atoms with van der Waals surface area (Å²) in [6.07, 6.45) is 2.53. The predicted molar refractivity (Wildman–Crippen MR) is 58.0 cm³/mol. The van der Waals surface area contributed by atoms with Crippen molar-refractivity contribution in [2.75, 3.05) is 0 Å². The molecule has 1 rings (SSSR count). The zero-order valence-electron chi connectivity index (χ0n) is 8.26. The van der Waals surface area contributed by atoms with Crippen molar-refractivity contribution < 1.29 is 4.39 Å².